The van der Waals surface area contributed by atoms with Crippen molar-refractivity contribution in [3.05, 3.63) is 65.8 Å². The molecule has 2 unspecified atom stereocenters. The number of nitrogens with one attached hydrogen (secondary N) is 2. The van der Waals surface area contributed by atoms with Crippen LogP contribution in [0.25, 0.3) is 5.70 Å². The molecule has 0 radical (unpaired) electrons. The van der Waals surface area contributed by atoms with Gasteiger partial charge in [0, 0.05) is 36.5 Å². The molecule has 0 fully saturated rings. The average Bonchev–Trinajstić information content (AvgIpc) is 3.26. The molecule has 9 heteroatoms. The van der Waals surface area contributed by atoms with Gasteiger partial charge in [0.05, 0.1) is 17.9 Å². The molecule has 2 aromatic rings. The summed E-state index contributed by atoms with van der Waals surface area (Å²) in [5.74, 6) is -0.494. The second-order valence-electron chi connectivity index (χ2n) is 7.59. The highest BCUT2D eigenvalue weighted by molar-refractivity contribution is 5.96. The molecule has 0 aromatic carbocycles. The average molecular weight is 417 g/mol. The molecule has 1 aliphatic carbocycles. The third kappa shape index (κ3) is 4.82. The Balaban J connectivity index is 1.38. The summed E-state index contributed by atoms with van der Waals surface area (Å²) in [6.45, 7) is 4.02. The van der Waals surface area contributed by atoms with Gasteiger partial charge in [0.25, 0.3) is 11.8 Å². The summed E-state index contributed by atoms with van der Waals surface area (Å²) in [6.07, 6.45) is 13.1. The van der Waals surface area contributed by atoms with Crippen molar-refractivity contribution in [3.63, 3.8) is 0 Å². The van der Waals surface area contributed by atoms with Crippen LogP contribution in [0.5, 0.6) is 0 Å². The van der Waals surface area contributed by atoms with E-state index in [0.717, 1.165) is 11.3 Å². The molecular weight excluding hydrogens is 394 g/mol. The lowest BCUT2D eigenvalue weighted by Crippen LogP contribution is -2.31. The molecule has 1 aliphatic heterocycles. The zero-order chi connectivity index (χ0) is 21.8. The Morgan fingerprint density at radius 1 is 1.19 bits per heavy atom. The van der Waals surface area contributed by atoms with Crippen LogP contribution < -0.4 is 10.6 Å². The van der Waals surface area contributed by atoms with E-state index in [1.807, 2.05) is 38.4 Å². The maximum Gasteiger partial charge on any atom is 0.270 e. The van der Waals surface area contributed by atoms with Gasteiger partial charge >= 0.3 is 0 Å². The molecule has 0 spiro atoms. The first kappa shape index (κ1) is 20.4. The molecule has 9 nitrogen and oxygen atoms in total. The summed E-state index contributed by atoms with van der Waals surface area (Å²) in [5.41, 5.74) is 2.15. The summed E-state index contributed by atoms with van der Waals surface area (Å²) in [7, 11) is 0. The highest BCUT2D eigenvalue weighted by Gasteiger charge is 2.21. The number of rotatable bonds is 6. The second-order valence-corrected chi connectivity index (χ2v) is 7.59. The lowest BCUT2D eigenvalue weighted by atomic mass is 9.95. The van der Waals surface area contributed by atoms with E-state index in [-0.39, 0.29) is 47.7 Å². The predicted molar refractivity (Wildman–Crippen MR) is 118 cm³/mol. The molecule has 2 atom stereocenters. The Kier molecular flexibility index (Phi) is 5.83. The van der Waals surface area contributed by atoms with E-state index in [0.29, 0.717) is 0 Å². The molecule has 2 N–H and O–H groups in total. The van der Waals surface area contributed by atoms with Crippen molar-refractivity contribution >= 4 is 30.1 Å². The van der Waals surface area contributed by atoms with Crippen molar-refractivity contribution in [1.82, 2.24) is 25.4 Å². The van der Waals surface area contributed by atoms with Crippen LogP contribution in [0.2, 0.25) is 0 Å². The van der Waals surface area contributed by atoms with E-state index in [2.05, 4.69) is 36.8 Å². The zero-order valence-corrected chi connectivity index (χ0v) is 17.3. The van der Waals surface area contributed by atoms with Gasteiger partial charge in [-0.1, -0.05) is 12.1 Å². The lowest BCUT2D eigenvalue weighted by molar-refractivity contribution is 0.0936. The van der Waals surface area contributed by atoms with E-state index >= 15 is 0 Å². The Labute approximate surface area is 179 Å². The highest BCUT2D eigenvalue weighted by atomic mass is 16.2. The number of hydrogen-bond donors (Lipinski definition) is 2. The number of hydrogen-bond acceptors (Lipinski definition) is 6. The zero-order valence-electron chi connectivity index (χ0n) is 17.3. The summed E-state index contributed by atoms with van der Waals surface area (Å²) in [5, 5.41) is 9.97. The monoisotopic (exact) mass is 417 g/mol. The van der Waals surface area contributed by atoms with Crippen LogP contribution in [0.15, 0.2) is 58.8 Å². The number of aliphatic imine (C=N–C) groups is 2. The Hall–Kier alpha value is -3.88. The highest BCUT2D eigenvalue weighted by Crippen LogP contribution is 2.22. The normalized spacial score (nSPS) is 19.1. The Morgan fingerprint density at radius 2 is 2.00 bits per heavy atom. The van der Waals surface area contributed by atoms with Gasteiger partial charge in [-0.25, -0.2) is 14.7 Å². The number of carbonyl (C=O) groups is 2. The van der Waals surface area contributed by atoms with Gasteiger partial charge in [0.1, 0.15) is 17.7 Å². The summed E-state index contributed by atoms with van der Waals surface area (Å²) >= 11 is 0. The van der Waals surface area contributed by atoms with E-state index in [4.69, 9.17) is 0 Å². The molecule has 0 saturated carbocycles. The van der Waals surface area contributed by atoms with Crippen LogP contribution in [0, 0.1) is 5.92 Å². The molecule has 0 bridgehead atoms. The van der Waals surface area contributed by atoms with Crippen LogP contribution in [0.4, 0.5) is 0 Å². The molecule has 3 heterocycles. The molecule has 4 rings (SSSR count). The van der Waals surface area contributed by atoms with E-state index in [1.165, 1.54) is 0 Å². The molecule has 31 heavy (non-hydrogen) atoms. The number of fused-ring (bicyclic) bond motifs is 1. The number of amides is 2. The van der Waals surface area contributed by atoms with Crippen molar-refractivity contribution in [3.8, 4) is 0 Å². The smallest absolute Gasteiger partial charge is 0.270 e. The molecule has 2 amide bonds. The SMILES string of the molecule is CC(C)NC(=O)c1cccc(C(=O)NCc2cnn(C3=CC4N=CN=CC4C=C3)c2)n1. The van der Waals surface area contributed by atoms with E-state index in [9.17, 15) is 9.59 Å². The maximum absolute atomic E-state index is 12.5. The third-order valence-corrected chi connectivity index (χ3v) is 4.78. The van der Waals surface area contributed by atoms with Crippen molar-refractivity contribution < 1.29 is 9.59 Å². The number of aromatic nitrogens is 3. The van der Waals surface area contributed by atoms with Crippen LogP contribution in [0.3, 0.4) is 0 Å². The minimum atomic E-state index is -0.359. The fourth-order valence-electron chi connectivity index (χ4n) is 3.24. The first-order valence-electron chi connectivity index (χ1n) is 10.0. The van der Waals surface area contributed by atoms with Gasteiger partial charge in [-0.3, -0.25) is 14.6 Å². The quantitative estimate of drug-likeness (QED) is 0.747. The Morgan fingerprint density at radius 3 is 2.81 bits per heavy atom. The standard InChI is InChI=1S/C22H23N7O2/c1-14(2)27-22(31)19-5-3-4-18(28-19)21(30)24-9-15-10-26-29(12-15)17-7-6-16-11-23-13-25-20(16)8-17/h3-8,10-14,16,20H,9H2,1-2H3,(H,24,30)(H,27,31). The molecule has 158 valence electrons. The topological polar surface area (TPSA) is 114 Å². The summed E-state index contributed by atoms with van der Waals surface area (Å²) < 4.78 is 1.75. The van der Waals surface area contributed by atoms with Gasteiger partial charge in [-0.2, -0.15) is 5.10 Å². The molecule has 2 aliphatic rings. The van der Waals surface area contributed by atoms with Crippen LogP contribution >= 0.6 is 0 Å². The summed E-state index contributed by atoms with van der Waals surface area (Å²) in [4.78, 5) is 37.2. The fraction of sp³-hybridized carbons (Fsp3) is 0.273. The first-order chi connectivity index (χ1) is 15.0. The maximum atomic E-state index is 12.5. The van der Waals surface area contributed by atoms with Gasteiger partial charge in [-0.15, -0.1) is 0 Å². The van der Waals surface area contributed by atoms with Crippen molar-refractivity contribution in [1.29, 1.82) is 0 Å². The van der Waals surface area contributed by atoms with Crippen molar-refractivity contribution in [2.45, 2.75) is 32.5 Å². The van der Waals surface area contributed by atoms with Crippen LogP contribution in [-0.2, 0) is 6.54 Å². The predicted octanol–water partition coefficient (Wildman–Crippen LogP) is 1.85. The number of allylic oxidation sites excluding steroid dienone is 2. The summed E-state index contributed by atoms with van der Waals surface area (Å²) in [6, 6.07) is 4.81. The molecule has 2 aromatic heterocycles. The number of nitrogens with zero attached hydrogens (tertiary/aromatic N) is 5. The number of carbonyl (C=O) groups excluding carboxylic acids is 2. The van der Waals surface area contributed by atoms with Gasteiger partial charge < -0.3 is 10.6 Å². The van der Waals surface area contributed by atoms with Gasteiger partial charge in [0.2, 0.25) is 0 Å². The van der Waals surface area contributed by atoms with Crippen LogP contribution in [0.1, 0.15) is 40.4 Å². The lowest BCUT2D eigenvalue weighted by Gasteiger charge is -2.21. The Bertz CT molecular complexity index is 1110. The third-order valence-electron chi connectivity index (χ3n) is 4.78. The van der Waals surface area contributed by atoms with Crippen molar-refractivity contribution in [2.24, 2.45) is 15.9 Å². The van der Waals surface area contributed by atoms with E-state index < -0.39 is 0 Å². The first-order valence-corrected chi connectivity index (χ1v) is 10.0. The largest absolute Gasteiger partial charge is 0.349 e. The van der Waals surface area contributed by atoms with Gasteiger partial charge in [-0.05, 0) is 38.1 Å². The molecule has 0 saturated heterocycles. The van der Waals surface area contributed by atoms with Crippen molar-refractivity contribution in [2.75, 3.05) is 0 Å². The van der Waals surface area contributed by atoms with Gasteiger partial charge in [0.15, 0.2) is 0 Å². The minimum absolute atomic E-state index is 0.0126. The van der Waals surface area contributed by atoms with Crippen LogP contribution in [-0.4, -0.2) is 51.2 Å². The molecular formula is C22H23N7O2. The van der Waals surface area contributed by atoms with E-state index in [1.54, 1.807) is 35.4 Å². The second kappa shape index (κ2) is 8.86. The minimum Gasteiger partial charge on any atom is -0.349 e. The number of pyridine rings is 1. The fourth-order valence-corrected chi connectivity index (χ4v) is 3.24.